The number of rotatable bonds is 5. The highest BCUT2D eigenvalue weighted by molar-refractivity contribution is 5.86. The molecule has 1 aromatic carbocycles. The number of amides is 1. The van der Waals surface area contributed by atoms with Gasteiger partial charge in [0, 0.05) is 0 Å². The number of hydrogen-bond donors (Lipinski definition) is 1. The quantitative estimate of drug-likeness (QED) is 0.893. The van der Waals surface area contributed by atoms with Crippen LogP contribution in [0, 0.1) is 0 Å². The number of alkyl carbamates (subject to hydrolysis) is 1. The Labute approximate surface area is 123 Å². The lowest BCUT2D eigenvalue weighted by Gasteiger charge is -2.30. The van der Waals surface area contributed by atoms with Gasteiger partial charge in [-0.15, -0.1) is 0 Å². The lowest BCUT2D eigenvalue weighted by atomic mass is 10.1. The summed E-state index contributed by atoms with van der Waals surface area (Å²) in [6.45, 7) is 3.92. The molecule has 1 aliphatic rings. The second-order valence-corrected chi connectivity index (χ2v) is 4.96. The van der Waals surface area contributed by atoms with Gasteiger partial charge in [-0.25, -0.2) is 4.79 Å². The molecule has 0 aromatic heterocycles. The van der Waals surface area contributed by atoms with Crippen molar-refractivity contribution in [2.75, 3.05) is 13.2 Å². The molecule has 0 spiro atoms. The van der Waals surface area contributed by atoms with Gasteiger partial charge in [-0.1, -0.05) is 30.3 Å². The number of nitrogens with one attached hydrogen (secondary N) is 1. The molecule has 6 nitrogen and oxygen atoms in total. The fraction of sp³-hybridized carbons (Fsp3) is 0.467. The zero-order chi connectivity index (χ0) is 15.3. The Morgan fingerprint density at radius 2 is 1.90 bits per heavy atom. The molecule has 0 bridgehead atoms. The number of Topliss-reactive ketones (excluding diaryl/α,β-unsaturated/α-hetero) is 1. The molecule has 114 valence electrons. The molecular formula is C15H19NO5. The van der Waals surface area contributed by atoms with E-state index in [9.17, 15) is 9.59 Å². The summed E-state index contributed by atoms with van der Waals surface area (Å²) in [5, 5.41) is 2.51. The minimum absolute atomic E-state index is 0.135. The minimum atomic E-state index is -1.14. The van der Waals surface area contributed by atoms with Crippen LogP contribution in [0.5, 0.6) is 0 Å². The Kier molecular flexibility index (Phi) is 4.93. The highest BCUT2D eigenvalue weighted by Gasteiger charge is 2.43. The van der Waals surface area contributed by atoms with Crippen LogP contribution in [0.3, 0.4) is 0 Å². The van der Waals surface area contributed by atoms with Gasteiger partial charge in [-0.3, -0.25) is 4.79 Å². The van der Waals surface area contributed by atoms with Gasteiger partial charge >= 0.3 is 6.09 Å². The number of carbonyl (C=O) groups is 2. The van der Waals surface area contributed by atoms with E-state index in [-0.39, 0.29) is 12.4 Å². The highest BCUT2D eigenvalue weighted by atomic mass is 16.7. The van der Waals surface area contributed by atoms with Crippen LogP contribution >= 0.6 is 0 Å². The summed E-state index contributed by atoms with van der Waals surface area (Å²) >= 11 is 0. The lowest BCUT2D eigenvalue weighted by Crippen LogP contribution is -2.55. The Bertz CT molecular complexity index is 496. The van der Waals surface area contributed by atoms with Gasteiger partial charge in [0.2, 0.25) is 0 Å². The van der Waals surface area contributed by atoms with Gasteiger partial charge in [0.15, 0.2) is 11.6 Å². The smallest absolute Gasteiger partial charge is 0.408 e. The average molecular weight is 293 g/mol. The third kappa shape index (κ3) is 4.03. The van der Waals surface area contributed by atoms with Crippen molar-refractivity contribution in [2.45, 2.75) is 32.3 Å². The zero-order valence-electron chi connectivity index (χ0n) is 12.1. The summed E-state index contributed by atoms with van der Waals surface area (Å²) in [7, 11) is 0. The van der Waals surface area contributed by atoms with Crippen molar-refractivity contribution >= 4 is 11.9 Å². The van der Waals surface area contributed by atoms with Crippen LogP contribution in [0.2, 0.25) is 0 Å². The van der Waals surface area contributed by atoms with Gasteiger partial charge < -0.3 is 19.5 Å². The summed E-state index contributed by atoms with van der Waals surface area (Å²) < 4.78 is 15.9. The van der Waals surface area contributed by atoms with E-state index in [4.69, 9.17) is 14.2 Å². The van der Waals surface area contributed by atoms with E-state index >= 15 is 0 Å². The lowest BCUT2D eigenvalue weighted by molar-refractivity contribution is -0.170. The fourth-order valence-corrected chi connectivity index (χ4v) is 2.18. The topological polar surface area (TPSA) is 73.9 Å². The standard InChI is InChI=1S/C15H19NO5/c1-11(17)13(15(2)20-8-9-21-15)16-14(18)19-10-12-6-4-3-5-7-12/h3-7,13H,8-10H2,1-2H3,(H,16,18). The molecule has 1 N–H and O–H groups in total. The summed E-state index contributed by atoms with van der Waals surface area (Å²) in [6, 6.07) is 8.39. The van der Waals surface area contributed by atoms with Crippen LogP contribution < -0.4 is 5.32 Å². The van der Waals surface area contributed by atoms with Crippen molar-refractivity contribution in [1.82, 2.24) is 5.32 Å². The SMILES string of the molecule is CC(=O)C(NC(=O)OCc1ccccc1)C1(C)OCCO1. The second kappa shape index (κ2) is 6.69. The molecular weight excluding hydrogens is 274 g/mol. The van der Waals surface area contributed by atoms with E-state index in [1.807, 2.05) is 30.3 Å². The molecule has 0 saturated carbocycles. The van der Waals surface area contributed by atoms with E-state index in [2.05, 4.69) is 5.32 Å². The van der Waals surface area contributed by atoms with Gasteiger partial charge in [0.25, 0.3) is 0 Å². The Balaban J connectivity index is 1.91. The number of carbonyl (C=O) groups excluding carboxylic acids is 2. The summed E-state index contributed by atoms with van der Waals surface area (Å²) in [6.07, 6.45) is -0.681. The number of ether oxygens (including phenoxy) is 3. The molecule has 1 heterocycles. The molecule has 1 atom stereocenters. The second-order valence-electron chi connectivity index (χ2n) is 4.96. The van der Waals surface area contributed by atoms with E-state index < -0.39 is 17.9 Å². The van der Waals surface area contributed by atoms with Crippen molar-refractivity contribution in [2.24, 2.45) is 0 Å². The van der Waals surface area contributed by atoms with E-state index in [0.29, 0.717) is 13.2 Å². The third-order valence-corrected chi connectivity index (χ3v) is 3.27. The van der Waals surface area contributed by atoms with Crippen molar-refractivity contribution < 1.29 is 23.8 Å². The largest absolute Gasteiger partial charge is 0.445 e. The zero-order valence-corrected chi connectivity index (χ0v) is 12.1. The molecule has 1 unspecified atom stereocenters. The van der Waals surface area contributed by atoms with Gasteiger partial charge in [-0.2, -0.15) is 0 Å². The molecule has 1 fully saturated rings. The normalized spacial score (nSPS) is 18.0. The maximum atomic E-state index is 11.8. The third-order valence-electron chi connectivity index (χ3n) is 3.27. The Morgan fingerprint density at radius 1 is 1.29 bits per heavy atom. The van der Waals surface area contributed by atoms with Crippen LogP contribution in [0.25, 0.3) is 0 Å². The van der Waals surface area contributed by atoms with E-state index in [1.165, 1.54) is 6.92 Å². The Morgan fingerprint density at radius 3 is 2.48 bits per heavy atom. The van der Waals surface area contributed by atoms with Crippen LogP contribution in [-0.4, -0.2) is 36.9 Å². The maximum absolute atomic E-state index is 11.8. The molecule has 1 aromatic rings. The molecule has 2 rings (SSSR count). The molecule has 1 aliphatic heterocycles. The summed E-state index contributed by atoms with van der Waals surface area (Å²) in [4.78, 5) is 23.5. The van der Waals surface area contributed by atoms with Crippen LogP contribution in [0.4, 0.5) is 4.79 Å². The van der Waals surface area contributed by atoms with E-state index in [1.54, 1.807) is 6.92 Å². The summed E-state index contributed by atoms with van der Waals surface area (Å²) in [5.41, 5.74) is 0.867. The fourth-order valence-electron chi connectivity index (χ4n) is 2.18. The number of ketones is 1. The van der Waals surface area contributed by atoms with Crippen molar-refractivity contribution in [3.63, 3.8) is 0 Å². The van der Waals surface area contributed by atoms with E-state index in [0.717, 1.165) is 5.56 Å². The summed E-state index contributed by atoms with van der Waals surface area (Å²) in [5.74, 6) is -1.39. The first-order valence-electron chi connectivity index (χ1n) is 6.77. The monoisotopic (exact) mass is 293 g/mol. The molecule has 0 radical (unpaired) electrons. The van der Waals surface area contributed by atoms with Crippen molar-refractivity contribution in [1.29, 1.82) is 0 Å². The molecule has 21 heavy (non-hydrogen) atoms. The molecule has 1 amide bonds. The predicted octanol–water partition coefficient (Wildman–Crippen LogP) is 1.63. The van der Waals surface area contributed by atoms with Crippen LogP contribution in [-0.2, 0) is 25.6 Å². The van der Waals surface area contributed by atoms with Gasteiger partial charge in [0.1, 0.15) is 12.6 Å². The molecule has 0 aliphatic carbocycles. The molecule has 6 heteroatoms. The average Bonchev–Trinajstić information content (AvgIpc) is 2.91. The number of benzene rings is 1. The maximum Gasteiger partial charge on any atom is 0.408 e. The molecule has 1 saturated heterocycles. The van der Waals surface area contributed by atoms with Crippen molar-refractivity contribution in [3.05, 3.63) is 35.9 Å². The first kappa shape index (κ1) is 15.5. The Hall–Kier alpha value is -1.92. The van der Waals surface area contributed by atoms with Gasteiger partial charge in [-0.05, 0) is 19.4 Å². The predicted molar refractivity (Wildman–Crippen MR) is 74.5 cm³/mol. The van der Waals surface area contributed by atoms with Crippen LogP contribution in [0.1, 0.15) is 19.4 Å². The first-order valence-corrected chi connectivity index (χ1v) is 6.77. The highest BCUT2D eigenvalue weighted by Crippen LogP contribution is 2.23. The van der Waals surface area contributed by atoms with Gasteiger partial charge in [0.05, 0.1) is 13.2 Å². The minimum Gasteiger partial charge on any atom is -0.445 e. The number of hydrogen-bond acceptors (Lipinski definition) is 5. The van der Waals surface area contributed by atoms with Crippen molar-refractivity contribution in [3.8, 4) is 0 Å². The first-order chi connectivity index (χ1) is 10.0. The van der Waals surface area contributed by atoms with Crippen LogP contribution in [0.15, 0.2) is 30.3 Å².